The number of hydrogen-bond donors (Lipinski definition) is 1. The van der Waals surface area contributed by atoms with Crippen molar-refractivity contribution in [1.29, 1.82) is 0 Å². The number of nitrogens with one attached hydrogen (secondary N) is 1. The summed E-state index contributed by atoms with van der Waals surface area (Å²) in [5.74, 6) is -2.36. The average molecular weight is 290 g/mol. The van der Waals surface area contributed by atoms with Crippen LogP contribution in [0.4, 0.5) is 4.39 Å². The molecule has 0 fully saturated rings. The average Bonchev–Trinajstić information content (AvgIpc) is 2.28. The van der Waals surface area contributed by atoms with Crippen molar-refractivity contribution in [2.75, 3.05) is 7.11 Å². The molecule has 16 heavy (non-hydrogen) atoms. The van der Waals surface area contributed by atoms with Gasteiger partial charge in [-0.3, -0.25) is 4.79 Å². The normalized spacial score (nSPS) is 9.69. The van der Waals surface area contributed by atoms with Crippen molar-refractivity contribution in [1.82, 2.24) is 5.32 Å². The Hall–Kier alpha value is -1.43. The molecule has 0 aliphatic carbocycles. The molecule has 1 amide bonds. The smallest absolute Gasteiger partial charge is 0.396 e. The zero-order chi connectivity index (χ0) is 12.1. The Kier molecular flexibility index (Phi) is 4.42. The quantitative estimate of drug-likeness (QED) is 0.661. The van der Waals surface area contributed by atoms with Crippen molar-refractivity contribution in [3.05, 3.63) is 34.1 Å². The number of halogens is 2. The maximum Gasteiger partial charge on any atom is 0.396 e. The minimum atomic E-state index is -1.00. The molecule has 1 aromatic carbocycles. The second-order valence-electron chi connectivity index (χ2n) is 2.91. The molecule has 0 aliphatic rings. The Labute approximate surface area is 99.9 Å². The molecular formula is C10H9BrFNO3. The number of methoxy groups -OCH3 is 1. The summed E-state index contributed by atoms with van der Waals surface area (Å²) in [4.78, 5) is 21.8. The van der Waals surface area contributed by atoms with E-state index < -0.39 is 17.7 Å². The van der Waals surface area contributed by atoms with Gasteiger partial charge in [-0.2, -0.15) is 0 Å². The summed E-state index contributed by atoms with van der Waals surface area (Å²) < 4.78 is 18.1. The molecule has 0 aliphatic heterocycles. The Morgan fingerprint density at radius 1 is 1.50 bits per heavy atom. The van der Waals surface area contributed by atoms with Crippen molar-refractivity contribution >= 4 is 27.8 Å². The third-order valence-electron chi connectivity index (χ3n) is 1.82. The number of benzene rings is 1. The van der Waals surface area contributed by atoms with E-state index in [1.165, 1.54) is 12.1 Å². The molecular weight excluding hydrogens is 281 g/mol. The standard InChI is InChI=1S/C10H9BrFNO3/c1-16-10(15)9(14)13-5-6-4-7(11)2-3-8(6)12/h2-4H,5H2,1H3,(H,13,14). The first-order valence-electron chi connectivity index (χ1n) is 4.34. The van der Waals surface area contributed by atoms with Crippen LogP contribution in [-0.2, 0) is 20.9 Å². The van der Waals surface area contributed by atoms with Gasteiger partial charge in [0.05, 0.1) is 7.11 Å². The largest absolute Gasteiger partial charge is 0.462 e. The summed E-state index contributed by atoms with van der Waals surface area (Å²) >= 11 is 3.17. The van der Waals surface area contributed by atoms with Gasteiger partial charge in [-0.05, 0) is 18.2 Å². The fourth-order valence-corrected chi connectivity index (χ4v) is 1.43. The minimum Gasteiger partial charge on any atom is -0.462 e. The minimum absolute atomic E-state index is 0.0702. The van der Waals surface area contributed by atoms with E-state index in [1.807, 2.05) is 0 Å². The van der Waals surface area contributed by atoms with E-state index in [4.69, 9.17) is 0 Å². The third-order valence-corrected chi connectivity index (χ3v) is 2.31. The molecule has 1 N–H and O–H groups in total. The van der Waals surface area contributed by atoms with Gasteiger partial charge in [0.1, 0.15) is 5.82 Å². The van der Waals surface area contributed by atoms with E-state index in [2.05, 4.69) is 26.0 Å². The van der Waals surface area contributed by atoms with E-state index in [1.54, 1.807) is 6.07 Å². The van der Waals surface area contributed by atoms with Crippen molar-refractivity contribution in [3.8, 4) is 0 Å². The van der Waals surface area contributed by atoms with Crippen LogP contribution in [0, 0.1) is 5.82 Å². The lowest BCUT2D eigenvalue weighted by molar-refractivity contribution is -0.152. The summed E-state index contributed by atoms with van der Waals surface area (Å²) in [6, 6.07) is 4.33. The highest BCUT2D eigenvalue weighted by Gasteiger charge is 2.13. The van der Waals surface area contributed by atoms with E-state index in [0.717, 1.165) is 7.11 Å². The van der Waals surface area contributed by atoms with Gasteiger partial charge >= 0.3 is 11.9 Å². The Morgan fingerprint density at radius 3 is 2.81 bits per heavy atom. The van der Waals surface area contributed by atoms with Crippen molar-refractivity contribution < 1.29 is 18.7 Å². The lowest BCUT2D eigenvalue weighted by atomic mass is 10.2. The van der Waals surface area contributed by atoms with Gasteiger partial charge in [0, 0.05) is 16.6 Å². The van der Waals surface area contributed by atoms with Crippen molar-refractivity contribution in [2.45, 2.75) is 6.54 Å². The number of carbonyl (C=O) groups excluding carboxylic acids is 2. The molecule has 4 nitrogen and oxygen atoms in total. The lowest BCUT2D eigenvalue weighted by Crippen LogP contribution is -2.31. The highest BCUT2D eigenvalue weighted by Crippen LogP contribution is 2.15. The molecule has 0 aromatic heterocycles. The molecule has 0 saturated heterocycles. The number of hydrogen-bond acceptors (Lipinski definition) is 3. The molecule has 0 bridgehead atoms. The van der Waals surface area contributed by atoms with E-state index >= 15 is 0 Å². The van der Waals surface area contributed by atoms with Crippen molar-refractivity contribution in [3.63, 3.8) is 0 Å². The lowest BCUT2D eigenvalue weighted by Gasteiger charge is -2.05. The molecule has 6 heteroatoms. The molecule has 1 aromatic rings. The maximum absolute atomic E-state index is 13.2. The molecule has 1 rings (SSSR count). The van der Waals surface area contributed by atoms with E-state index in [-0.39, 0.29) is 12.1 Å². The number of esters is 1. The molecule has 0 atom stereocenters. The second kappa shape index (κ2) is 5.60. The monoisotopic (exact) mass is 289 g/mol. The Morgan fingerprint density at radius 2 is 2.19 bits per heavy atom. The number of carbonyl (C=O) groups is 2. The van der Waals surface area contributed by atoms with Crippen LogP contribution >= 0.6 is 15.9 Å². The highest BCUT2D eigenvalue weighted by atomic mass is 79.9. The van der Waals surface area contributed by atoms with Crippen LogP contribution in [0.5, 0.6) is 0 Å². The zero-order valence-electron chi connectivity index (χ0n) is 8.42. The first kappa shape index (κ1) is 12.6. The van der Waals surface area contributed by atoms with E-state index in [9.17, 15) is 14.0 Å². The summed E-state index contributed by atoms with van der Waals surface area (Å²) in [5, 5.41) is 2.24. The van der Waals surface area contributed by atoms with Gasteiger partial charge in [0.25, 0.3) is 0 Å². The Balaban J connectivity index is 2.64. The topological polar surface area (TPSA) is 55.4 Å². The fraction of sp³-hybridized carbons (Fsp3) is 0.200. The van der Waals surface area contributed by atoms with Gasteiger partial charge in [-0.1, -0.05) is 15.9 Å². The number of amides is 1. The molecule has 0 radical (unpaired) electrons. The van der Waals surface area contributed by atoms with Crippen LogP contribution in [0.15, 0.2) is 22.7 Å². The molecule has 0 unspecified atom stereocenters. The molecule has 86 valence electrons. The van der Waals surface area contributed by atoms with Crippen LogP contribution in [0.25, 0.3) is 0 Å². The highest BCUT2D eigenvalue weighted by molar-refractivity contribution is 9.10. The predicted molar refractivity (Wildman–Crippen MR) is 58.0 cm³/mol. The van der Waals surface area contributed by atoms with Crippen LogP contribution in [-0.4, -0.2) is 19.0 Å². The first-order valence-corrected chi connectivity index (χ1v) is 5.14. The SMILES string of the molecule is COC(=O)C(=O)NCc1cc(Br)ccc1F. The van der Waals surface area contributed by atoms with Gasteiger partial charge < -0.3 is 10.1 Å². The summed E-state index contributed by atoms with van der Waals surface area (Å²) in [6.45, 7) is -0.0702. The summed E-state index contributed by atoms with van der Waals surface area (Å²) in [5.41, 5.74) is 0.284. The third kappa shape index (κ3) is 3.30. The van der Waals surface area contributed by atoms with Gasteiger partial charge in [-0.25, -0.2) is 9.18 Å². The predicted octanol–water partition coefficient (Wildman–Crippen LogP) is 1.38. The van der Waals surface area contributed by atoms with Crippen LogP contribution < -0.4 is 5.32 Å². The molecule has 0 heterocycles. The van der Waals surface area contributed by atoms with Gasteiger partial charge in [0.2, 0.25) is 0 Å². The fourth-order valence-electron chi connectivity index (χ4n) is 1.02. The molecule has 0 saturated carbocycles. The molecule has 0 spiro atoms. The van der Waals surface area contributed by atoms with E-state index in [0.29, 0.717) is 4.47 Å². The van der Waals surface area contributed by atoms with Crippen molar-refractivity contribution in [2.24, 2.45) is 0 Å². The van der Waals surface area contributed by atoms with Gasteiger partial charge in [0.15, 0.2) is 0 Å². The van der Waals surface area contributed by atoms with Crippen LogP contribution in [0.1, 0.15) is 5.56 Å². The summed E-state index contributed by atoms with van der Waals surface area (Å²) in [7, 11) is 1.10. The van der Waals surface area contributed by atoms with Gasteiger partial charge in [-0.15, -0.1) is 0 Å². The first-order chi connectivity index (χ1) is 7.54. The van der Waals surface area contributed by atoms with Crippen LogP contribution in [0.2, 0.25) is 0 Å². The second-order valence-corrected chi connectivity index (χ2v) is 3.83. The number of rotatable bonds is 2. The number of ether oxygens (including phenoxy) is 1. The maximum atomic E-state index is 13.2. The zero-order valence-corrected chi connectivity index (χ0v) is 10.0. The van der Waals surface area contributed by atoms with Crippen LogP contribution in [0.3, 0.4) is 0 Å². The summed E-state index contributed by atoms with van der Waals surface area (Å²) in [6.07, 6.45) is 0. The Bertz CT molecular complexity index is 423.